The fourth-order valence-corrected chi connectivity index (χ4v) is 3.27. The van der Waals surface area contributed by atoms with E-state index in [0.717, 1.165) is 32.4 Å². The molecule has 2 heterocycles. The van der Waals surface area contributed by atoms with E-state index >= 15 is 0 Å². The molecule has 25 heavy (non-hydrogen) atoms. The van der Waals surface area contributed by atoms with Crippen LogP contribution in [0, 0.1) is 11.7 Å². The summed E-state index contributed by atoms with van der Waals surface area (Å²) in [5, 5.41) is 6.18. The fraction of sp³-hybridized carbons (Fsp3) is 0.500. The SMILES string of the molecule is CNC(=O)c1noc(CN2CCCC(CCc3ccc(F)cc3)C2)n1. The predicted molar refractivity (Wildman–Crippen MR) is 90.4 cm³/mol. The molecule has 134 valence electrons. The Hall–Kier alpha value is -2.28. The van der Waals surface area contributed by atoms with Gasteiger partial charge in [-0.1, -0.05) is 17.3 Å². The molecule has 1 aromatic heterocycles. The highest BCUT2D eigenvalue weighted by Gasteiger charge is 2.22. The van der Waals surface area contributed by atoms with Gasteiger partial charge in [0.1, 0.15) is 5.82 Å². The van der Waals surface area contributed by atoms with Crippen LogP contribution in [0.2, 0.25) is 0 Å². The molecular weight excluding hydrogens is 323 g/mol. The van der Waals surface area contributed by atoms with Crippen LogP contribution >= 0.6 is 0 Å². The van der Waals surface area contributed by atoms with E-state index in [1.807, 2.05) is 12.1 Å². The van der Waals surface area contributed by atoms with Crippen LogP contribution in [0.25, 0.3) is 0 Å². The molecule has 1 unspecified atom stereocenters. The number of likely N-dealkylation sites (tertiary alicyclic amines) is 1. The van der Waals surface area contributed by atoms with Gasteiger partial charge in [-0.25, -0.2) is 4.39 Å². The number of hydrogen-bond donors (Lipinski definition) is 1. The minimum Gasteiger partial charge on any atom is -0.352 e. The lowest BCUT2D eigenvalue weighted by atomic mass is 9.91. The number of nitrogens with one attached hydrogen (secondary N) is 1. The fourth-order valence-electron chi connectivity index (χ4n) is 3.27. The first-order chi connectivity index (χ1) is 12.1. The molecule has 1 N–H and O–H groups in total. The van der Waals surface area contributed by atoms with E-state index in [2.05, 4.69) is 20.4 Å². The predicted octanol–water partition coefficient (Wildman–Crippen LogP) is 2.41. The monoisotopic (exact) mass is 346 g/mol. The minimum atomic E-state index is -0.342. The lowest BCUT2D eigenvalue weighted by Gasteiger charge is -2.31. The molecule has 0 aliphatic carbocycles. The van der Waals surface area contributed by atoms with Gasteiger partial charge in [0.05, 0.1) is 6.54 Å². The molecule has 1 amide bonds. The van der Waals surface area contributed by atoms with Crippen LogP contribution in [0.3, 0.4) is 0 Å². The van der Waals surface area contributed by atoms with Gasteiger partial charge in [-0.15, -0.1) is 0 Å². The van der Waals surface area contributed by atoms with Gasteiger partial charge < -0.3 is 9.84 Å². The minimum absolute atomic E-state index is 0.0716. The second-order valence-corrected chi connectivity index (χ2v) is 6.50. The Morgan fingerprint density at radius 1 is 1.40 bits per heavy atom. The smallest absolute Gasteiger partial charge is 0.292 e. The summed E-state index contributed by atoms with van der Waals surface area (Å²) in [7, 11) is 1.54. The summed E-state index contributed by atoms with van der Waals surface area (Å²) in [6.07, 6.45) is 4.37. The van der Waals surface area contributed by atoms with Gasteiger partial charge in [-0.05, 0) is 55.8 Å². The van der Waals surface area contributed by atoms with E-state index in [9.17, 15) is 9.18 Å². The van der Waals surface area contributed by atoms with Gasteiger partial charge in [0.15, 0.2) is 0 Å². The Bertz CT molecular complexity index is 701. The zero-order valence-corrected chi connectivity index (χ0v) is 14.4. The summed E-state index contributed by atoms with van der Waals surface area (Å²) in [6, 6.07) is 6.74. The highest BCUT2D eigenvalue weighted by Crippen LogP contribution is 2.22. The number of amides is 1. The van der Waals surface area contributed by atoms with E-state index in [4.69, 9.17) is 4.52 Å². The maximum atomic E-state index is 13.0. The topological polar surface area (TPSA) is 71.3 Å². The summed E-state index contributed by atoms with van der Waals surface area (Å²) < 4.78 is 18.1. The number of benzene rings is 1. The molecule has 1 aromatic carbocycles. The molecule has 1 saturated heterocycles. The van der Waals surface area contributed by atoms with Crippen molar-refractivity contribution in [1.29, 1.82) is 0 Å². The van der Waals surface area contributed by atoms with Crippen molar-refractivity contribution in [1.82, 2.24) is 20.4 Å². The first-order valence-corrected chi connectivity index (χ1v) is 8.65. The number of carbonyl (C=O) groups is 1. The lowest BCUT2D eigenvalue weighted by Crippen LogP contribution is -2.35. The van der Waals surface area contributed by atoms with Crippen LogP contribution in [0.1, 0.15) is 41.3 Å². The van der Waals surface area contributed by atoms with Crippen molar-refractivity contribution in [3.63, 3.8) is 0 Å². The molecule has 0 spiro atoms. The molecule has 1 aliphatic heterocycles. The standard InChI is InChI=1S/C18H23FN4O2/c1-20-18(24)17-21-16(25-22-17)12-23-10-2-3-14(11-23)5-4-13-6-8-15(19)9-7-13/h6-9,14H,2-5,10-12H2,1H3,(H,20,24). The molecule has 0 bridgehead atoms. The Morgan fingerprint density at radius 2 is 2.20 bits per heavy atom. The summed E-state index contributed by atoms with van der Waals surface area (Å²) in [6.45, 7) is 2.53. The average Bonchev–Trinajstić information content (AvgIpc) is 3.09. The zero-order chi connectivity index (χ0) is 17.6. The molecule has 0 saturated carbocycles. The quantitative estimate of drug-likeness (QED) is 0.870. The first-order valence-electron chi connectivity index (χ1n) is 8.65. The Morgan fingerprint density at radius 3 is 2.96 bits per heavy atom. The third-order valence-corrected chi connectivity index (χ3v) is 4.61. The van der Waals surface area contributed by atoms with Crippen LogP contribution in [0.5, 0.6) is 0 Å². The number of aryl methyl sites for hydroxylation is 1. The van der Waals surface area contributed by atoms with Crippen molar-refractivity contribution < 1.29 is 13.7 Å². The van der Waals surface area contributed by atoms with Crippen LogP contribution in [0.15, 0.2) is 28.8 Å². The second-order valence-electron chi connectivity index (χ2n) is 6.50. The highest BCUT2D eigenvalue weighted by molar-refractivity contribution is 5.89. The van der Waals surface area contributed by atoms with Crippen LogP contribution in [0.4, 0.5) is 4.39 Å². The second kappa shape index (κ2) is 8.20. The Labute approximate surface area is 146 Å². The molecule has 3 rings (SSSR count). The van der Waals surface area contributed by atoms with Gasteiger partial charge in [0, 0.05) is 13.6 Å². The van der Waals surface area contributed by atoms with Crippen molar-refractivity contribution in [3.8, 4) is 0 Å². The van der Waals surface area contributed by atoms with E-state index in [1.54, 1.807) is 0 Å². The molecular formula is C18H23FN4O2. The van der Waals surface area contributed by atoms with E-state index in [-0.39, 0.29) is 17.5 Å². The largest absolute Gasteiger partial charge is 0.352 e. The molecule has 1 aliphatic rings. The molecule has 7 heteroatoms. The summed E-state index contributed by atoms with van der Waals surface area (Å²) in [5.41, 5.74) is 1.17. The number of hydrogen-bond acceptors (Lipinski definition) is 5. The highest BCUT2D eigenvalue weighted by atomic mass is 19.1. The molecule has 6 nitrogen and oxygen atoms in total. The van der Waals surface area contributed by atoms with E-state index < -0.39 is 0 Å². The van der Waals surface area contributed by atoms with Crippen molar-refractivity contribution >= 4 is 5.91 Å². The molecule has 0 radical (unpaired) electrons. The van der Waals surface area contributed by atoms with Crippen molar-refractivity contribution in [3.05, 3.63) is 47.4 Å². The number of rotatable bonds is 6. The number of halogens is 1. The first kappa shape index (κ1) is 17.5. The van der Waals surface area contributed by atoms with Crippen molar-refractivity contribution in [2.24, 2.45) is 5.92 Å². The summed E-state index contributed by atoms with van der Waals surface area (Å²) in [4.78, 5) is 17.9. The molecule has 2 aromatic rings. The third-order valence-electron chi connectivity index (χ3n) is 4.61. The van der Waals surface area contributed by atoms with Gasteiger partial charge in [-0.2, -0.15) is 4.98 Å². The molecule has 1 atom stereocenters. The lowest BCUT2D eigenvalue weighted by molar-refractivity contribution is 0.0950. The third kappa shape index (κ3) is 4.85. The van der Waals surface area contributed by atoms with Gasteiger partial charge in [0.25, 0.3) is 11.7 Å². The Kier molecular flexibility index (Phi) is 5.75. The van der Waals surface area contributed by atoms with Crippen LogP contribution in [-0.4, -0.2) is 41.1 Å². The van der Waals surface area contributed by atoms with E-state index in [1.165, 1.54) is 31.2 Å². The zero-order valence-electron chi connectivity index (χ0n) is 14.4. The summed E-state index contributed by atoms with van der Waals surface area (Å²) in [5.74, 6) is 0.606. The Balaban J connectivity index is 1.50. The normalized spacial score (nSPS) is 18.2. The number of aromatic nitrogens is 2. The van der Waals surface area contributed by atoms with Crippen molar-refractivity contribution in [2.45, 2.75) is 32.2 Å². The average molecular weight is 346 g/mol. The number of nitrogens with zero attached hydrogens (tertiary/aromatic N) is 3. The van der Waals surface area contributed by atoms with Gasteiger partial charge >= 0.3 is 0 Å². The van der Waals surface area contributed by atoms with E-state index in [0.29, 0.717) is 18.4 Å². The van der Waals surface area contributed by atoms with Gasteiger partial charge in [-0.3, -0.25) is 9.69 Å². The van der Waals surface area contributed by atoms with Crippen LogP contribution in [-0.2, 0) is 13.0 Å². The maximum absolute atomic E-state index is 13.0. The van der Waals surface area contributed by atoms with Crippen molar-refractivity contribution in [2.75, 3.05) is 20.1 Å². The van der Waals surface area contributed by atoms with Crippen LogP contribution < -0.4 is 5.32 Å². The molecule has 1 fully saturated rings. The maximum Gasteiger partial charge on any atom is 0.292 e. The van der Waals surface area contributed by atoms with Gasteiger partial charge in [0.2, 0.25) is 5.89 Å². The number of piperidine rings is 1. The number of carbonyl (C=O) groups excluding carboxylic acids is 1. The summed E-state index contributed by atoms with van der Waals surface area (Å²) >= 11 is 0.